The molecule has 1 unspecified atom stereocenters. The smallest absolute Gasteiger partial charge is 0.341 e. The molecule has 0 bridgehead atoms. The molecule has 28 heavy (non-hydrogen) atoms. The van der Waals surface area contributed by atoms with E-state index in [1.807, 2.05) is 11.8 Å². The second-order valence-corrected chi connectivity index (χ2v) is 8.49. The Morgan fingerprint density at radius 3 is 2.68 bits per heavy atom. The molecule has 2 fully saturated rings. The molecule has 150 valence electrons. The maximum Gasteiger partial charge on any atom is 0.341 e. The van der Waals surface area contributed by atoms with Gasteiger partial charge in [0, 0.05) is 25.3 Å². The molecule has 0 spiro atoms. The van der Waals surface area contributed by atoms with Gasteiger partial charge in [-0.25, -0.2) is 9.18 Å². The Morgan fingerprint density at radius 1 is 1.46 bits per heavy atom. The molecule has 1 aliphatic carbocycles. The third-order valence-electron chi connectivity index (χ3n) is 5.90. The van der Waals surface area contributed by atoms with E-state index in [1.165, 1.54) is 6.20 Å². The summed E-state index contributed by atoms with van der Waals surface area (Å²) in [5.74, 6) is -2.17. The van der Waals surface area contributed by atoms with E-state index in [9.17, 15) is 14.7 Å². The van der Waals surface area contributed by atoms with Gasteiger partial charge in [-0.05, 0) is 31.2 Å². The summed E-state index contributed by atoms with van der Waals surface area (Å²) in [6.45, 7) is 3.57. The van der Waals surface area contributed by atoms with Gasteiger partial charge in [0.15, 0.2) is 5.82 Å². The first-order chi connectivity index (χ1) is 13.2. The number of aromatic nitrogens is 1. The van der Waals surface area contributed by atoms with Crippen LogP contribution in [0.15, 0.2) is 11.0 Å². The number of halogens is 2. The summed E-state index contributed by atoms with van der Waals surface area (Å²) >= 11 is 6.64. The van der Waals surface area contributed by atoms with Crippen LogP contribution in [-0.4, -0.2) is 35.3 Å². The van der Waals surface area contributed by atoms with Crippen LogP contribution >= 0.6 is 11.6 Å². The molecule has 7 nitrogen and oxygen atoms in total. The Balaban J connectivity index is 2.03. The van der Waals surface area contributed by atoms with Crippen LogP contribution in [0, 0.1) is 11.2 Å². The van der Waals surface area contributed by atoms with E-state index in [-0.39, 0.29) is 33.2 Å². The molecule has 1 atom stereocenters. The molecule has 2 aromatic rings. The van der Waals surface area contributed by atoms with Gasteiger partial charge in [-0.15, -0.1) is 0 Å². The predicted octanol–water partition coefficient (Wildman–Crippen LogP) is 2.58. The Bertz CT molecular complexity index is 1070. The zero-order valence-corrected chi connectivity index (χ0v) is 16.2. The van der Waals surface area contributed by atoms with E-state index in [4.69, 9.17) is 23.1 Å². The molecule has 2 aliphatic rings. The standard InChI is InChI=1S/C19H22ClFN4O3/c1-19(7-22)4-5-24(8-19)16-12(20)15-11(14(23)13(16)21)17(26)10(18(27)28)6-25(15)9-2-3-9/h6,9H,2-5,7-8,22-23H2,1H3,(H,27,28). The van der Waals surface area contributed by atoms with E-state index >= 15 is 4.39 Å². The maximum atomic E-state index is 15.3. The highest BCUT2D eigenvalue weighted by Gasteiger charge is 2.37. The van der Waals surface area contributed by atoms with Crippen molar-refractivity contribution in [3.8, 4) is 0 Å². The number of anilines is 2. The van der Waals surface area contributed by atoms with E-state index in [0.717, 1.165) is 19.3 Å². The van der Waals surface area contributed by atoms with Crippen LogP contribution in [0.2, 0.25) is 5.02 Å². The number of nitrogens with zero attached hydrogens (tertiary/aromatic N) is 2. The second kappa shape index (κ2) is 6.35. The number of nitrogens with two attached hydrogens (primary N) is 2. The highest BCUT2D eigenvalue weighted by atomic mass is 35.5. The molecular weight excluding hydrogens is 387 g/mol. The predicted molar refractivity (Wildman–Crippen MR) is 107 cm³/mol. The molecule has 1 saturated carbocycles. The Labute approximate surface area is 165 Å². The molecule has 1 aromatic carbocycles. The van der Waals surface area contributed by atoms with Crippen LogP contribution in [0.1, 0.15) is 42.6 Å². The highest BCUT2D eigenvalue weighted by Crippen LogP contribution is 2.46. The minimum absolute atomic E-state index is 0.0179. The summed E-state index contributed by atoms with van der Waals surface area (Å²) in [6, 6.07) is 0.0179. The van der Waals surface area contributed by atoms with Gasteiger partial charge in [-0.1, -0.05) is 18.5 Å². The molecule has 0 radical (unpaired) electrons. The third kappa shape index (κ3) is 2.74. The number of nitrogen functional groups attached to an aromatic ring is 1. The largest absolute Gasteiger partial charge is 0.477 e. The molecule has 1 aliphatic heterocycles. The van der Waals surface area contributed by atoms with E-state index in [1.54, 1.807) is 4.57 Å². The molecular formula is C19H22ClFN4O3. The lowest BCUT2D eigenvalue weighted by Gasteiger charge is -2.26. The lowest BCUT2D eigenvalue weighted by Crippen LogP contribution is -2.32. The van der Waals surface area contributed by atoms with E-state index in [2.05, 4.69) is 0 Å². The van der Waals surface area contributed by atoms with Crippen LogP contribution in [0.5, 0.6) is 0 Å². The normalized spacial score (nSPS) is 22.2. The summed E-state index contributed by atoms with van der Waals surface area (Å²) < 4.78 is 17.0. The molecule has 2 heterocycles. The molecule has 9 heteroatoms. The first-order valence-electron chi connectivity index (χ1n) is 9.22. The fourth-order valence-electron chi connectivity index (χ4n) is 4.00. The van der Waals surface area contributed by atoms with Gasteiger partial charge in [-0.2, -0.15) is 0 Å². The summed E-state index contributed by atoms with van der Waals surface area (Å²) in [5.41, 5.74) is 10.6. The van der Waals surface area contributed by atoms with Crippen molar-refractivity contribution in [2.75, 3.05) is 30.3 Å². The van der Waals surface area contributed by atoms with Gasteiger partial charge in [-0.3, -0.25) is 4.79 Å². The summed E-state index contributed by atoms with van der Waals surface area (Å²) in [7, 11) is 0. The number of benzene rings is 1. The topological polar surface area (TPSA) is 115 Å². The average molecular weight is 409 g/mol. The van der Waals surface area contributed by atoms with E-state index in [0.29, 0.717) is 25.2 Å². The van der Waals surface area contributed by atoms with Crippen molar-refractivity contribution in [1.29, 1.82) is 0 Å². The van der Waals surface area contributed by atoms with Crippen molar-refractivity contribution in [1.82, 2.24) is 4.57 Å². The van der Waals surface area contributed by atoms with Gasteiger partial charge in [0.1, 0.15) is 5.56 Å². The number of hydrogen-bond donors (Lipinski definition) is 3. The number of carbonyl (C=O) groups is 1. The molecule has 1 aromatic heterocycles. The number of hydrogen-bond acceptors (Lipinski definition) is 5. The molecule has 0 amide bonds. The second-order valence-electron chi connectivity index (χ2n) is 8.12. The van der Waals surface area contributed by atoms with Crippen molar-refractivity contribution in [3.05, 3.63) is 32.8 Å². The molecule has 1 saturated heterocycles. The van der Waals surface area contributed by atoms with Crippen LogP contribution in [0.4, 0.5) is 15.8 Å². The molecule has 5 N–H and O–H groups in total. The van der Waals surface area contributed by atoms with Gasteiger partial charge < -0.3 is 26.0 Å². The number of aromatic carboxylic acids is 1. The highest BCUT2D eigenvalue weighted by molar-refractivity contribution is 6.38. The lowest BCUT2D eigenvalue weighted by atomic mass is 9.90. The number of pyridine rings is 1. The Morgan fingerprint density at radius 2 is 2.14 bits per heavy atom. The van der Waals surface area contributed by atoms with Crippen LogP contribution in [0.25, 0.3) is 10.9 Å². The number of rotatable bonds is 4. The summed E-state index contributed by atoms with van der Waals surface area (Å²) in [5, 5.41) is 9.31. The van der Waals surface area contributed by atoms with Gasteiger partial charge in [0.05, 0.1) is 27.3 Å². The monoisotopic (exact) mass is 408 g/mol. The van der Waals surface area contributed by atoms with Crippen molar-refractivity contribution in [2.24, 2.45) is 11.1 Å². The fraction of sp³-hybridized carbons (Fsp3) is 0.474. The lowest BCUT2D eigenvalue weighted by molar-refractivity contribution is 0.0695. The number of carboxylic acid groups (broad SMARTS) is 1. The van der Waals surface area contributed by atoms with E-state index < -0.39 is 22.8 Å². The SMILES string of the molecule is CC1(CN)CCN(c2c(F)c(N)c3c(=O)c(C(=O)O)cn(C4CC4)c3c2Cl)C1. The molecule has 4 rings (SSSR count). The Kier molecular flexibility index (Phi) is 4.31. The van der Waals surface area contributed by atoms with Gasteiger partial charge >= 0.3 is 5.97 Å². The number of carboxylic acids is 1. The van der Waals surface area contributed by atoms with Crippen LogP contribution < -0.4 is 21.8 Å². The van der Waals surface area contributed by atoms with Gasteiger partial charge in [0.2, 0.25) is 5.43 Å². The van der Waals surface area contributed by atoms with Crippen molar-refractivity contribution in [2.45, 2.75) is 32.2 Å². The van der Waals surface area contributed by atoms with Gasteiger partial charge in [0.25, 0.3) is 0 Å². The van der Waals surface area contributed by atoms with Crippen LogP contribution in [0.3, 0.4) is 0 Å². The average Bonchev–Trinajstić information content (AvgIpc) is 3.42. The first kappa shape index (κ1) is 19.0. The van der Waals surface area contributed by atoms with Crippen molar-refractivity contribution in [3.63, 3.8) is 0 Å². The summed E-state index contributed by atoms with van der Waals surface area (Å²) in [4.78, 5) is 26.1. The fourth-order valence-corrected chi connectivity index (χ4v) is 4.40. The quantitative estimate of drug-likeness (QED) is 0.670. The minimum Gasteiger partial charge on any atom is -0.477 e. The summed E-state index contributed by atoms with van der Waals surface area (Å²) in [6.07, 6.45) is 3.74. The van der Waals surface area contributed by atoms with Crippen molar-refractivity contribution >= 4 is 39.8 Å². The Hall–Kier alpha value is -2.32. The third-order valence-corrected chi connectivity index (χ3v) is 6.26. The zero-order valence-electron chi connectivity index (χ0n) is 15.5. The number of fused-ring (bicyclic) bond motifs is 1. The first-order valence-corrected chi connectivity index (χ1v) is 9.60. The van der Waals surface area contributed by atoms with Crippen LogP contribution in [-0.2, 0) is 0 Å². The maximum absolute atomic E-state index is 15.3. The van der Waals surface area contributed by atoms with Crippen molar-refractivity contribution < 1.29 is 14.3 Å². The minimum atomic E-state index is -1.38. The zero-order chi connectivity index (χ0) is 20.4.